The lowest BCUT2D eigenvalue weighted by molar-refractivity contribution is -0.387. The number of rotatable bonds is 5. The van der Waals surface area contributed by atoms with Crippen molar-refractivity contribution >= 4 is 35.5 Å². The Kier molecular flexibility index (Phi) is 5.73. The van der Waals surface area contributed by atoms with E-state index < -0.39 is 22.6 Å². The number of hydrogen-bond donors (Lipinski definition) is 0. The minimum atomic E-state index is -1.37. The van der Waals surface area contributed by atoms with Gasteiger partial charge in [-0.2, -0.15) is 0 Å². The van der Waals surface area contributed by atoms with Gasteiger partial charge in [0.05, 0.1) is 9.82 Å². The summed E-state index contributed by atoms with van der Waals surface area (Å²) in [6.07, 6.45) is 1.21. The second-order valence-corrected chi connectivity index (χ2v) is 8.56. The molecule has 33 heavy (non-hydrogen) atoms. The van der Waals surface area contributed by atoms with E-state index in [0.717, 1.165) is 17.3 Å². The number of aromatic nitrogens is 3. The summed E-state index contributed by atoms with van der Waals surface area (Å²) < 4.78 is 11.9. The predicted molar refractivity (Wildman–Crippen MR) is 118 cm³/mol. The predicted octanol–water partition coefficient (Wildman–Crippen LogP) is 3.76. The number of ether oxygens (including phenoxy) is 2. The Hall–Kier alpha value is -3.99. The van der Waals surface area contributed by atoms with E-state index in [9.17, 15) is 19.7 Å². The first-order valence-corrected chi connectivity index (χ1v) is 10.6. The standard InChI is InChI=1S/C22H18N4O6S/c1-22(2)31-19(27)15(20(28)32-22)11-13-9-10-17(16(12-13)26(29)30)33-21-24-23-18(25(21)3)14-7-5-4-6-8-14/h4-12H,1-3H3. The molecule has 3 aromatic rings. The van der Waals surface area contributed by atoms with Crippen molar-refractivity contribution in [2.75, 3.05) is 0 Å². The maximum Gasteiger partial charge on any atom is 0.348 e. The number of cyclic esters (lactones) is 2. The molecular formula is C22H18N4O6S. The number of carbonyl (C=O) groups is 2. The van der Waals surface area contributed by atoms with Crippen molar-refractivity contribution in [3.63, 3.8) is 0 Å². The lowest BCUT2D eigenvalue weighted by Crippen LogP contribution is -2.41. The van der Waals surface area contributed by atoms with E-state index in [4.69, 9.17) is 9.47 Å². The van der Waals surface area contributed by atoms with Gasteiger partial charge < -0.3 is 14.0 Å². The monoisotopic (exact) mass is 466 g/mol. The van der Waals surface area contributed by atoms with Gasteiger partial charge in [0.2, 0.25) is 0 Å². The van der Waals surface area contributed by atoms with Crippen LogP contribution in [0.4, 0.5) is 5.69 Å². The summed E-state index contributed by atoms with van der Waals surface area (Å²) in [4.78, 5) is 35.8. The molecule has 1 aliphatic rings. The number of nitro benzene ring substituents is 1. The molecule has 168 valence electrons. The highest BCUT2D eigenvalue weighted by molar-refractivity contribution is 7.99. The summed E-state index contributed by atoms with van der Waals surface area (Å²) in [5.41, 5.74) is 0.587. The Morgan fingerprint density at radius 3 is 2.36 bits per heavy atom. The first kappa shape index (κ1) is 22.2. The fraction of sp³-hybridized carbons (Fsp3) is 0.182. The van der Waals surface area contributed by atoms with Gasteiger partial charge in [-0.25, -0.2) is 9.59 Å². The molecule has 0 bridgehead atoms. The number of nitro groups is 1. The van der Waals surface area contributed by atoms with Crippen molar-refractivity contribution in [1.29, 1.82) is 0 Å². The zero-order valence-corrected chi connectivity index (χ0v) is 18.7. The van der Waals surface area contributed by atoms with Crippen LogP contribution in [-0.4, -0.2) is 37.4 Å². The molecule has 1 fully saturated rings. The summed E-state index contributed by atoms with van der Waals surface area (Å²) >= 11 is 1.08. The minimum Gasteiger partial charge on any atom is -0.419 e. The molecule has 1 aromatic heterocycles. The number of hydrogen-bond acceptors (Lipinski definition) is 9. The van der Waals surface area contributed by atoms with Crippen LogP contribution in [0.5, 0.6) is 0 Å². The Labute approximate surface area is 192 Å². The fourth-order valence-corrected chi connectivity index (χ4v) is 4.01. The van der Waals surface area contributed by atoms with E-state index >= 15 is 0 Å². The number of esters is 2. The maximum absolute atomic E-state index is 12.2. The molecule has 0 amide bonds. The second-order valence-electron chi connectivity index (χ2n) is 7.55. The molecular weight excluding hydrogens is 448 g/mol. The lowest BCUT2D eigenvalue weighted by atomic mass is 10.1. The van der Waals surface area contributed by atoms with Gasteiger partial charge in [-0.1, -0.05) is 36.4 Å². The Balaban J connectivity index is 1.64. The molecule has 0 aliphatic carbocycles. The number of benzene rings is 2. The van der Waals surface area contributed by atoms with Crippen molar-refractivity contribution in [3.05, 3.63) is 69.8 Å². The van der Waals surface area contributed by atoms with E-state index in [0.29, 0.717) is 15.9 Å². The molecule has 11 heteroatoms. The van der Waals surface area contributed by atoms with Crippen LogP contribution >= 0.6 is 11.8 Å². The Morgan fingerprint density at radius 2 is 1.73 bits per heavy atom. The normalized spacial score (nSPS) is 15.1. The molecule has 2 aromatic carbocycles. The highest BCUT2D eigenvalue weighted by Crippen LogP contribution is 2.36. The van der Waals surface area contributed by atoms with Crippen molar-refractivity contribution < 1.29 is 24.0 Å². The third-order valence-electron chi connectivity index (χ3n) is 4.68. The molecule has 0 radical (unpaired) electrons. The smallest absolute Gasteiger partial charge is 0.348 e. The van der Waals surface area contributed by atoms with Crippen LogP contribution in [0.15, 0.2) is 64.2 Å². The zero-order chi connectivity index (χ0) is 23.8. The average molecular weight is 466 g/mol. The second kappa shape index (κ2) is 8.51. The SMILES string of the molecule is Cn1c(Sc2ccc(C=C3C(=O)OC(C)(C)OC3=O)cc2[N+](=O)[O-])nnc1-c1ccccc1. The van der Waals surface area contributed by atoms with Gasteiger partial charge in [0, 0.05) is 32.5 Å². The van der Waals surface area contributed by atoms with Gasteiger partial charge in [-0.15, -0.1) is 10.2 Å². The van der Waals surface area contributed by atoms with E-state index in [2.05, 4.69) is 10.2 Å². The van der Waals surface area contributed by atoms with Crippen LogP contribution in [0.1, 0.15) is 19.4 Å². The van der Waals surface area contributed by atoms with Gasteiger partial charge in [0.25, 0.3) is 11.5 Å². The summed E-state index contributed by atoms with van der Waals surface area (Å²) in [5.74, 6) is -2.46. The zero-order valence-electron chi connectivity index (χ0n) is 17.8. The Bertz CT molecular complexity index is 1280. The highest BCUT2D eigenvalue weighted by atomic mass is 32.2. The van der Waals surface area contributed by atoms with Gasteiger partial charge in [0.15, 0.2) is 11.0 Å². The van der Waals surface area contributed by atoms with Gasteiger partial charge in [0.1, 0.15) is 5.57 Å². The number of nitrogens with zero attached hydrogens (tertiary/aromatic N) is 4. The molecule has 0 saturated carbocycles. The van der Waals surface area contributed by atoms with E-state index in [1.54, 1.807) is 17.7 Å². The fourth-order valence-electron chi connectivity index (χ4n) is 3.14. The van der Waals surface area contributed by atoms with Gasteiger partial charge in [-0.3, -0.25) is 10.1 Å². The minimum absolute atomic E-state index is 0.212. The van der Waals surface area contributed by atoms with Crippen LogP contribution in [0.25, 0.3) is 17.5 Å². The topological polar surface area (TPSA) is 126 Å². The summed E-state index contributed by atoms with van der Waals surface area (Å²) in [7, 11) is 1.77. The summed E-state index contributed by atoms with van der Waals surface area (Å²) in [6.45, 7) is 2.87. The quantitative estimate of drug-likeness (QED) is 0.182. The third-order valence-corrected chi connectivity index (χ3v) is 5.78. The van der Waals surface area contributed by atoms with Crippen LogP contribution in [-0.2, 0) is 26.1 Å². The summed E-state index contributed by atoms with van der Waals surface area (Å²) in [5, 5.41) is 20.5. The van der Waals surface area contributed by atoms with Crippen molar-refractivity contribution in [2.24, 2.45) is 7.05 Å². The molecule has 0 N–H and O–H groups in total. The molecule has 10 nitrogen and oxygen atoms in total. The first-order chi connectivity index (χ1) is 15.6. The average Bonchev–Trinajstić information content (AvgIpc) is 3.11. The summed E-state index contributed by atoms with van der Waals surface area (Å²) in [6, 6.07) is 13.8. The van der Waals surface area contributed by atoms with E-state index in [-0.39, 0.29) is 16.8 Å². The third kappa shape index (κ3) is 4.62. The van der Waals surface area contributed by atoms with Crippen molar-refractivity contribution in [2.45, 2.75) is 29.7 Å². The maximum atomic E-state index is 12.2. The van der Waals surface area contributed by atoms with Gasteiger partial charge >= 0.3 is 11.9 Å². The molecule has 0 atom stereocenters. The van der Waals surface area contributed by atoms with E-state index in [1.165, 1.54) is 32.1 Å². The molecule has 2 heterocycles. The molecule has 0 unspecified atom stereocenters. The molecule has 1 saturated heterocycles. The van der Waals surface area contributed by atoms with Crippen molar-refractivity contribution in [3.8, 4) is 11.4 Å². The van der Waals surface area contributed by atoms with E-state index in [1.807, 2.05) is 30.3 Å². The highest BCUT2D eigenvalue weighted by Gasteiger charge is 2.39. The van der Waals surface area contributed by atoms with Crippen LogP contribution in [0.3, 0.4) is 0 Å². The molecule has 1 aliphatic heterocycles. The molecule has 4 rings (SSSR count). The molecule has 0 spiro atoms. The van der Waals surface area contributed by atoms with Crippen molar-refractivity contribution in [1.82, 2.24) is 14.8 Å². The van der Waals surface area contributed by atoms with Gasteiger partial charge in [-0.05, 0) is 29.5 Å². The van der Waals surface area contributed by atoms with Crippen LogP contribution < -0.4 is 0 Å². The first-order valence-electron chi connectivity index (χ1n) is 9.74. The lowest BCUT2D eigenvalue weighted by Gasteiger charge is -2.29. The largest absolute Gasteiger partial charge is 0.419 e. The Morgan fingerprint density at radius 1 is 1.06 bits per heavy atom. The number of carbonyl (C=O) groups excluding carboxylic acids is 2. The van der Waals surface area contributed by atoms with Crippen LogP contribution in [0, 0.1) is 10.1 Å². The van der Waals surface area contributed by atoms with Crippen LogP contribution in [0.2, 0.25) is 0 Å².